The van der Waals surface area contributed by atoms with Crippen molar-refractivity contribution in [2.45, 2.75) is 25.9 Å². The van der Waals surface area contributed by atoms with Crippen molar-refractivity contribution in [1.82, 2.24) is 0 Å². The molecule has 0 aliphatic rings. The molecule has 0 atom stereocenters. The van der Waals surface area contributed by atoms with Crippen LogP contribution in [0.1, 0.15) is 30.9 Å². The Bertz CT molecular complexity index is 551. The van der Waals surface area contributed by atoms with Crippen LogP contribution < -0.4 is 0 Å². The maximum absolute atomic E-state index is 12.5. The van der Waals surface area contributed by atoms with Crippen molar-refractivity contribution in [3.63, 3.8) is 0 Å². The Morgan fingerprint density at radius 1 is 0.842 bits per heavy atom. The maximum Gasteiger partial charge on any atom is 0.416 e. The molecule has 0 amide bonds. The van der Waals surface area contributed by atoms with E-state index in [1.54, 1.807) is 0 Å². The molecular weight excluding hydrogens is 249 g/mol. The molecule has 19 heavy (non-hydrogen) atoms. The van der Waals surface area contributed by atoms with E-state index in [9.17, 15) is 13.2 Å². The first-order valence-corrected chi connectivity index (χ1v) is 6.15. The van der Waals surface area contributed by atoms with Crippen LogP contribution in [0.25, 0.3) is 11.1 Å². The van der Waals surface area contributed by atoms with E-state index in [1.807, 2.05) is 24.3 Å². The molecule has 2 aromatic rings. The van der Waals surface area contributed by atoms with Gasteiger partial charge in [-0.25, -0.2) is 0 Å². The summed E-state index contributed by atoms with van der Waals surface area (Å²) in [5.74, 6) is 0.398. The number of hydrogen-bond donors (Lipinski definition) is 0. The third-order valence-corrected chi connectivity index (χ3v) is 3.10. The lowest BCUT2D eigenvalue weighted by atomic mass is 9.97. The largest absolute Gasteiger partial charge is 0.416 e. The van der Waals surface area contributed by atoms with Crippen LogP contribution >= 0.6 is 0 Å². The van der Waals surface area contributed by atoms with Crippen LogP contribution in [0.2, 0.25) is 0 Å². The van der Waals surface area contributed by atoms with Crippen molar-refractivity contribution < 1.29 is 13.2 Å². The van der Waals surface area contributed by atoms with E-state index in [-0.39, 0.29) is 0 Å². The second kappa shape index (κ2) is 5.08. The van der Waals surface area contributed by atoms with Gasteiger partial charge < -0.3 is 0 Å². The number of alkyl halides is 3. The van der Waals surface area contributed by atoms with Gasteiger partial charge in [0, 0.05) is 0 Å². The minimum Gasteiger partial charge on any atom is -0.166 e. The molecule has 0 radical (unpaired) electrons. The summed E-state index contributed by atoms with van der Waals surface area (Å²) in [6, 6.07) is 13.2. The minimum atomic E-state index is -4.28. The SMILES string of the molecule is CC(C)c1cccc(-c2ccc(C(F)(F)F)cc2)c1. The fraction of sp³-hybridized carbons (Fsp3) is 0.250. The average Bonchev–Trinajstić information content (AvgIpc) is 2.38. The van der Waals surface area contributed by atoms with E-state index in [1.165, 1.54) is 17.7 Å². The molecule has 0 fully saturated rings. The summed E-state index contributed by atoms with van der Waals surface area (Å²) in [5, 5.41) is 0. The minimum absolute atomic E-state index is 0.398. The molecule has 0 saturated heterocycles. The molecule has 0 aliphatic carbocycles. The molecular formula is C16H15F3. The smallest absolute Gasteiger partial charge is 0.166 e. The van der Waals surface area contributed by atoms with Gasteiger partial charge in [0.15, 0.2) is 0 Å². The highest BCUT2D eigenvalue weighted by molar-refractivity contribution is 5.64. The number of hydrogen-bond acceptors (Lipinski definition) is 0. The summed E-state index contributed by atoms with van der Waals surface area (Å²) in [4.78, 5) is 0. The summed E-state index contributed by atoms with van der Waals surface area (Å²) in [7, 11) is 0. The Morgan fingerprint density at radius 3 is 2.00 bits per heavy atom. The fourth-order valence-corrected chi connectivity index (χ4v) is 1.93. The Labute approximate surface area is 110 Å². The predicted octanol–water partition coefficient (Wildman–Crippen LogP) is 5.50. The Kier molecular flexibility index (Phi) is 3.65. The van der Waals surface area contributed by atoms with Gasteiger partial charge in [-0.05, 0) is 34.7 Å². The van der Waals surface area contributed by atoms with Gasteiger partial charge in [0.05, 0.1) is 5.56 Å². The molecule has 3 heteroatoms. The van der Waals surface area contributed by atoms with Gasteiger partial charge in [-0.1, -0.05) is 50.2 Å². The van der Waals surface area contributed by atoms with E-state index < -0.39 is 11.7 Å². The van der Waals surface area contributed by atoms with Crippen molar-refractivity contribution in [1.29, 1.82) is 0 Å². The first-order valence-electron chi connectivity index (χ1n) is 6.15. The molecule has 2 rings (SSSR count). The second-order valence-corrected chi connectivity index (χ2v) is 4.86. The van der Waals surface area contributed by atoms with Crippen molar-refractivity contribution in [3.8, 4) is 11.1 Å². The van der Waals surface area contributed by atoms with Gasteiger partial charge in [0.2, 0.25) is 0 Å². The topological polar surface area (TPSA) is 0 Å². The fourth-order valence-electron chi connectivity index (χ4n) is 1.93. The summed E-state index contributed by atoms with van der Waals surface area (Å²) in [5.41, 5.74) is 2.31. The van der Waals surface area contributed by atoms with Crippen LogP contribution in [0.5, 0.6) is 0 Å². The highest BCUT2D eigenvalue weighted by Crippen LogP contribution is 2.31. The molecule has 0 saturated carbocycles. The first kappa shape index (κ1) is 13.7. The quantitative estimate of drug-likeness (QED) is 0.672. The zero-order chi connectivity index (χ0) is 14.0. The van der Waals surface area contributed by atoms with Crippen molar-refractivity contribution >= 4 is 0 Å². The second-order valence-electron chi connectivity index (χ2n) is 4.86. The van der Waals surface area contributed by atoms with Gasteiger partial charge in [0.25, 0.3) is 0 Å². The molecule has 0 nitrogen and oxygen atoms in total. The van der Waals surface area contributed by atoms with Gasteiger partial charge >= 0.3 is 6.18 Å². The molecule has 0 spiro atoms. The molecule has 2 aromatic carbocycles. The predicted molar refractivity (Wildman–Crippen MR) is 71.0 cm³/mol. The van der Waals surface area contributed by atoms with E-state index in [4.69, 9.17) is 0 Å². The van der Waals surface area contributed by atoms with Crippen LogP contribution in [0.3, 0.4) is 0 Å². The zero-order valence-corrected chi connectivity index (χ0v) is 10.8. The van der Waals surface area contributed by atoms with E-state index in [0.717, 1.165) is 23.3 Å². The molecule has 0 N–H and O–H groups in total. The molecule has 0 bridgehead atoms. The zero-order valence-electron chi connectivity index (χ0n) is 10.8. The Balaban J connectivity index is 2.35. The monoisotopic (exact) mass is 264 g/mol. The van der Waals surface area contributed by atoms with Crippen molar-refractivity contribution in [2.75, 3.05) is 0 Å². The number of halogens is 3. The standard InChI is InChI=1S/C16H15F3/c1-11(2)13-4-3-5-14(10-13)12-6-8-15(9-7-12)16(17,18)19/h3-11H,1-2H3. The lowest BCUT2D eigenvalue weighted by Gasteiger charge is -2.10. The van der Waals surface area contributed by atoms with Crippen LogP contribution in [0, 0.1) is 0 Å². The number of rotatable bonds is 2. The highest BCUT2D eigenvalue weighted by Gasteiger charge is 2.29. The maximum atomic E-state index is 12.5. The third kappa shape index (κ3) is 3.16. The Hall–Kier alpha value is -1.77. The van der Waals surface area contributed by atoms with E-state index in [0.29, 0.717) is 5.92 Å². The first-order chi connectivity index (χ1) is 8.88. The normalized spacial score (nSPS) is 11.9. The summed E-state index contributed by atoms with van der Waals surface area (Å²) < 4.78 is 37.5. The van der Waals surface area contributed by atoms with E-state index in [2.05, 4.69) is 13.8 Å². The van der Waals surface area contributed by atoms with Crippen LogP contribution in [-0.4, -0.2) is 0 Å². The van der Waals surface area contributed by atoms with Crippen molar-refractivity contribution in [2.24, 2.45) is 0 Å². The number of benzene rings is 2. The van der Waals surface area contributed by atoms with Crippen molar-refractivity contribution in [3.05, 3.63) is 59.7 Å². The molecule has 100 valence electrons. The summed E-state index contributed by atoms with van der Waals surface area (Å²) in [6.07, 6.45) is -4.28. The third-order valence-electron chi connectivity index (χ3n) is 3.10. The summed E-state index contributed by atoms with van der Waals surface area (Å²) >= 11 is 0. The van der Waals surface area contributed by atoms with Gasteiger partial charge in [0.1, 0.15) is 0 Å². The molecule has 0 aromatic heterocycles. The highest BCUT2D eigenvalue weighted by atomic mass is 19.4. The van der Waals surface area contributed by atoms with E-state index >= 15 is 0 Å². The van der Waals surface area contributed by atoms with Crippen LogP contribution in [0.15, 0.2) is 48.5 Å². The van der Waals surface area contributed by atoms with Gasteiger partial charge in [-0.15, -0.1) is 0 Å². The molecule has 0 heterocycles. The van der Waals surface area contributed by atoms with Gasteiger partial charge in [-0.3, -0.25) is 0 Å². The van der Waals surface area contributed by atoms with Crippen LogP contribution in [-0.2, 0) is 6.18 Å². The van der Waals surface area contributed by atoms with Gasteiger partial charge in [-0.2, -0.15) is 13.2 Å². The molecule has 0 aliphatic heterocycles. The lowest BCUT2D eigenvalue weighted by Crippen LogP contribution is -2.03. The van der Waals surface area contributed by atoms with Crippen LogP contribution in [0.4, 0.5) is 13.2 Å². The lowest BCUT2D eigenvalue weighted by molar-refractivity contribution is -0.137. The Morgan fingerprint density at radius 2 is 1.47 bits per heavy atom. The summed E-state index contributed by atoms with van der Waals surface area (Å²) in [6.45, 7) is 4.18. The average molecular weight is 264 g/mol. The molecule has 0 unspecified atom stereocenters.